The fourth-order valence-electron chi connectivity index (χ4n) is 5.46. The standard InChI is InChI=1S/C27H38O4/c1-18-21(16-22(28)17-25(18)29)10-9-20-8-6-14-27(5)23(11-12-24(20)27)19(2)31-15-7-13-26(3,4)30/h9-11,19,22,24-25,28-30H,1,6,8,12,14-17H2,2-5H3/t19-,22-,24+,25+,27-/m1/s1. The zero-order chi connectivity index (χ0) is 22.8. The first-order valence-electron chi connectivity index (χ1n) is 11.5. The van der Waals surface area contributed by atoms with Gasteiger partial charge in [-0.3, -0.25) is 0 Å². The van der Waals surface area contributed by atoms with Crippen LogP contribution in [0.3, 0.4) is 0 Å². The van der Waals surface area contributed by atoms with E-state index in [0.29, 0.717) is 25.4 Å². The maximum absolute atomic E-state index is 10.1. The summed E-state index contributed by atoms with van der Waals surface area (Å²) in [6, 6.07) is 0. The van der Waals surface area contributed by atoms with Crippen molar-refractivity contribution in [3.8, 4) is 11.8 Å². The highest BCUT2D eigenvalue weighted by atomic mass is 16.5. The molecule has 0 aromatic carbocycles. The van der Waals surface area contributed by atoms with Crippen molar-refractivity contribution < 1.29 is 20.1 Å². The lowest BCUT2D eigenvalue weighted by Crippen LogP contribution is -2.34. The van der Waals surface area contributed by atoms with Crippen molar-refractivity contribution in [2.45, 2.75) is 90.1 Å². The Morgan fingerprint density at radius 3 is 2.81 bits per heavy atom. The molecule has 170 valence electrons. The summed E-state index contributed by atoms with van der Waals surface area (Å²) in [5.74, 6) is 6.18. The van der Waals surface area contributed by atoms with Crippen molar-refractivity contribution in [2.24, 2.45) is 11.3 Å². The van der Waals surface area contributed by atoms with Crippen molar-refractivity contribution >= 4 is 0 Å². The molecule has 4 nitrogen and oxygen atoms in total. The molecule has 0 aliphatic heterocycles. The van der Waals surface area contributed by atoms with E-state index in [1.807, 2.05) is 0 Å². The highest BCUT2D eigenvalue weighted by Gasteiger charge is 2.46. The Labute approximate surface area is 187 Å². The van der Waals surface area contributed by atoms with Gasteiger partial charge in [-0.15, -0.1) is 0 Å². The fraction of sp³-hybridized carbons (Fsp3) is 0.630. The summed E-state index contributed by atoms with van der Waals surface area (Å²) in [4.78, 5) is 0. The molecule has 0 amide bonds. The highest BCUT2D eigenvalue weighted by Crippen LogP contribution is 2.55. The molecule has 4 heteroatoms. The van der Waals surface area contributed by atoms with Crippen LogP contribution in [0.1, 0.15) is 66.2 Å². The van der Waals surface area contributed by atoms with E-state index < -0.39 is 17.8 Å². The molecule has 0 aromatic rings. The molecular formula is C27H38O4. The summed E-state index contributed by atoms with van der Waals surface area (Å²) in [6.07, 6.45) is 10.8. The van der Waals surface area contributed by atoms with Crippen molar-refractivity contribution in [3.63, 3.8) is 0 Å². The number of hydrogen-bond acceptors (Lipinski definition) is 4. The molecule has 0 spiro atoms. The predicted octanol–water partition coefficient (Wildman–Crippen LogP) is 4.23. The lowest BCUT2D eigenvalue weighted by atomic mass is 9.63. The van der Waals surface area contributed by atoms with E-state index in [0.717, 1.165) is 36.8 Å². The topological polar surface area (TPSA) is 69.9 Å². The zero-order valence-corrected chi connectivity index (χ0v) is 19.4. The van der Waals surface area contributed by atoms with Gasteiger partial charge < -0.3 is 20.1 Å². The second kappa shape index (κ2) is 9.46. The minimum absolute atomic E-state index is 0.00720. The molecule has 2 fully saturated rings. The lowest BCUT2D eigenvalue weighted by Gasteiger charge is -2.42. The van der Waals surface area contributed by atoms with Gasteiger partial charge in [-0.1, -0.05) is 49.1 Å². The third-order valence-corrected chi connectivity index (χ3v) is 7.11. The van der Waals surface area contributed by atoms with E-state index in [1.165, 1.54) is 11.1 Å². The van der Waals surface area contributed by atoms with E-state index in [2.05, 4.69) is 50.5 Å². The van der Waals surface area contributed by atoms with Gasteiger partial charge >= 0.3 is 0 Å². The summed E-state index contributed by atoms with van der Waals surface area (Å²) in [6.45, 7) is 12.1. The molecule has 0 heterocycles. The molecule has 0 aromatic heterocycles. The summed E-state index contributed by atoms with van der Waals surface area (Å²) in [5.41, 5.74) is 3.56. The summed E-state index contributed by atoms with van der Waals surface area (Å²) >= 11 is 0. The number of fused-ring (bicyclic) bond motifs is 1. The molecule has 3 rings (SSSR count). The maximum atomic E-state index is 10.1. The van der Waals surface area contributed by atoms with Gasteiger partial charge in [0, 0.05) is 6.42 Å². The van der Waals surface area contributed by atoms with Crippen molar-refractivity contribution in [3.05, 3.63) is 47.1 Å². The second-order valence-corrected chi connectivity index (χ2v) is 10.1. The average molecular weight is 427 g/mol. The Bertz CT molecular complexity index is 845. The average Bonchev–Trinajstić information content (AvgIpc) is 3.03. The normalized spacial score (nSPS) is 34.9. The third kappa shape index (κ3) is 5.59. The summed E-state index contributed by atoms with van der Waals surface area (Å²) in [7, 11) is 0. The monoisotopic (exact) mass is 426 g/mol. The first kappa shape index (κ1) is 24.0. The van der Waals surface area contributed by atoms with Crippen LogP contribution in [0.15, 0.2) is 47.1 Å². The zero-order valence-electron chi connectivity index (χ0n) is 19.4. The number of allylic oxidation sites excluding steroid dienone is 4. The van der Waals surface area contributed by atoms with Crippen LogP contribution < -0.4 is 0 Å². The lowest BCUT2D eigenvalue weighted by molar-refractivity contribution is 0.0860. The van der Waals surface area contributed by atoms with Crippen LogP contribution in [0.25, 0.3) is 0 Å². The molecule has 5 atom stereocenters. The Hall–Kier alpha value is -1.64. The fourth-order valence-corrected chi connectivity index (χ4v) is 5.46. The number of ether oxygens (including phenoxy) is 1. The Balaban J connectivity index is 1.71. The van der Waals surface area contributed by atoms with Gasteiger partial charge in [-0.2, -0.15) is 0 Å². The van der Waals surface area contributed by atoms with E-state index in [1.54, 1.807) is 13.8 Å². The first-order chi connectivity index (χ1) is 14.5. The van der Waals surface area contributed by atoms with E-state index in [-0.39, 0.29) is 11.5 Å². The van der Waals surface area contributed by atoms with Crippen LogP contribution in [-0.4, -0.2) is 45.8 Å². The summed E-state index contributed by atoms with van der Waals surface area (Å²) < 4.78 is 6.01. The SMILES string of the molecule is C=C1C(=CC=C2CCC[C@]3(C)C([C@@H](C)OCC#CC(C)(C)O)=CC[C@@H]23)C[C@@H](O)C[C@@H]1O. The maximum Gasteiger partial charge on any atom is 0.120 e. The van der Waals surface area contributed by atoms with Crippen molar-refractivity contribution in [1.82, 2.24) is 0 Å². The second-order valence-electron chi connectivity index (χ2n) is 10.1. The summed E-state index contributed by atoms with van der Waals surface area (Å²) in [5, 5.41) is 29.9. The first-order valence-corrected chi connectivity index (χ1v) is 11.5. The van der Waals surface area contributed by atoms with Gasteiger partial charge in [-0.25, -0.2) is 0 Å². The molecule has 0 unspecified atom stereocenters. The van der Waals surface area contributed by atoms with Crippen molar-refractivity contribution in [2.75, 3.05) is 6.61 Å². The van der Waals surface area contributed by atoms with Gasteiger partial charge in [-0.05, 0) is 80.9 Å². The van der Waals surface area contributed by atoms with Crippen LogP contribution >= 0.6 is 0 Å². The molecule has 0 saturated heterocycles. The Morgan fingerprint density at radius 2 is 2.10 bits per heavy atom. The minimum Gasteiger partial charge on any atom is -0.393 e. The van der Waals surface area contributed by atoms with Gasteiger partial charge in [0.2, 0.25) is 0 Å². The van der Waals surface area contributed by atoms with Crippen LogP contribution in [-0.2, 0) is 4.74 Å². The van der Waals surface area contributed by atoms with Crippen LogP contribution in [0, 0.1) is 23.2 Å². The van der Waals surface area contributed by atoms with E-state index in [4.69, 9.17) is 4.74 Å². The van der Waals surface area contributed by atoms with E-state index in [9.17, 15) is 15.3 Å². The molecule has 0 radical (unpaired) electrons. The third-order valence-electron chi connectivity index (χ3n) is 7.11. The predicted molar refractivity (Wildman–Crippen MR) is 124 cm³/mol. The van der Waals surface area contributed by atoms with Crippen LogP contribution in [0.2, 0.25) is 0 Å². The van der Waals surface area contributed by atoms with Gasteiger partial charge in [0.05, 0.1) is 18.3 Å². The van der Waals surface area contributed by atoms with Crippen molar-refractivity contribution in [1.29, 1.82) is 0 Å². The minimum atomic E-state index is -0.996. The molecule has 3 N–H and O–H groups in total. The number of aliphatic hydroxyl groups is 3. The largest absolute Gasteiger partial charge is 0.393 e. The Kier molecular flexibility index (Phi) is 7.33. The molecular weight excluding hydrogens is 388 g/mol. The van der Waals surface area contributed by atoms with Gasteiger partial charge in [0.15, 0.2) is 0 Å². The molecule has 2 saturated carbocycles. The molecule has 31 heavy (non-hydrogen) atoms. The van der Waals surface area contributed by atoms with Crippen LogP contribution in [0.5, 0.6) is 0 Å². The molecule has 0 bridgehead atoms. The number of rotatable bonds is 4. The van der Waals surface area contributed by atoms with Crippen LogP contribution in [0.4, 0.5) is 0 Å². The highest BCUT2D eigenvalue weighted by molar-refractivity contribution is 5.40. The quantitative estimate of drug-likeness (QED) is 0.465. The molecule has 3 aliphatic carbocycles. The number of aliphatic hydroxyl groups excluding tert-OH is 2. The molecule has 3 aliphatic rings. The Morgan fingerprint density at radius 1 is 1.35 bits per heavy atom. The van der Waals surface area contributed by atoms with Gasteiger partial charge in [0.25, 0.3) is 0 Å². The van der Waals surface area contributed by atoms with Gasteiger partial charge in [0.1, 0.15) is 12.2 Å². The van der Waals surface area contributed by atoms with E-state index >= 15 is 0 Å². The number of hydrogen-bond donors (Lipinski definition) is 3. The smallest absolute Gasteiger partial charge is 0.120 e.